The van der Waals surface area contributed by atoms with Gasteiger partial charge in [0.05, 0.1) is 5.52 Å². The summed E-state index contributed by atoms with van der Waals surface area (Å²) in [5.74, 6) is 0. The van der Waals surface area contributed by atoms with Crippen LogP contribution in [0.1, 0.15) is 11.3 Å². The van der Waals surface area contributed by atoms with E-state index in [1.807, 2.05) is 30.2 Å². The highest BCUT2D eigenvalue weighted by molar-refractivity contribution is 7.99. The van der Waals surface area contributed by atoms with Crippen LogP contribution in [0, 0.1) is 6.92 Å². The maximum Gasteiger partial charge on any atom is 0.0503 e. The van der Waals surface area contributed by atoms with E-state index < -0.39 is 0 Å². The minimum atomic E-state index is 0.856. The van der Waals surface area contributed by atoms with Gasteiger partial charge in [-0.25, -0.2) is 0 Å². The number of pyridine rings is 1. The lowest BCUT2D eigenvalue weighted by atomic mass is 10.1. The molecule has 3 heteroatoms. The molecule has 2 nitrogen and oxygen atoms in total. The molecule has 0 spiro atoms. The molecule has 0 saturated carbocycles. The molecule has 0 fully saturated rings. The zero-order valence-electron chi connectivity index (χ0n) is 16.8. The smallest absolute Gasteiger partial charge is 0.0503 e. The van der Waals surface area contributed by atoms with Crippen molar-refractivity contribution < 1.29 is 0 Å². The van der Waals surface area contributed by atoms with Crippen molar-refractivity contribution in [1.82, 2.24) is 9.55 Å². The molecule has 2 heterocycles. The largest absolute Gasteiger partial charge is 0.339 e. The van der Waals surface area contributed by atoms with Gasteiger partial charge in [-0.2, -0.15) is 0 Å². The normalized spacial score (nSPS) is 11.1. The van der Waals surface area contributed by atoms with Gasteiger partial charge in [0.1, 0.15) is 0 Å². The topological polar surface area (TPSA) is 17.8 Å². The van der Waals surface area contributed by atoms with Crippen LogP contribution in [0.4, 0.5) is 0 Å². The first-order valence-corrected chi connectivity index (χ1v) is 10.9. The molecule has 0 aliphatic heterocycles. The van der Waals surface area contributed by atoms with Crippen molar-refractivity contribution in [3.8, 4) is 11.1 Å². The Morgan fingerprint density at radius 2 is 1.57 bits per heavy atom. The molecule has 0 atom stereocenters. The highest BCUT2D eigenvalue weighted by Crippen LogP contribution is 2.39. The molecule has 0 saturated heterocycles. The maximum absolute atomic E-state index is 4.30. The molecule has 0 bridgehead atoms. The van der Waals surface area contributed by atoms with E-state index in [1.165, 1.54) is 37.5 Å². The summed E-state index contributed by atoms with van der Waals surface area (Å²) in [5, 5.41) is 1.30. The van der Waals surface area contributed by atoms with E-state index >= 15 is 0 Å². The minimum Gasteiger partial charge on any atom is -0.339 e. The van der Waals surface area contributed by atoms with Crippen molar-refractivity contribution in [3.05, 3.63) is 115 Å². The molecule has 146 valence electrons. The standard InChI is InChI=1S/C27H22N2S/c1-20-27(30-24-12-6-3-7-13-24)25-15-14-22(23-11-8-16-28-18-23)17-26(25)29(20)19-21-9-4-2-5-10-21/h2-18H,19H2,1H3. The SMILES string of the molecule is Cc1c(Sc2ccccc2)c2ccc(-c3cccnc3)cc2n1Cc1ccccc1. The van der Waals surface area contributed by atoms with Crippen LogP contribution in [0.15, 0.2) is 113 Å². The molecule has 30 heavy (non-hydrogen) atoms. The Morgan fingerprint density at radius 3 is 2.30 bits per heavy atom. The number of aromatic nitrogens is 2. The third-order valence-corrected chi connectivity index (χ3v) is 6.64. The molecule has 3 aromatic carbocycles. The zero-order valence-corrected chi connectivity index (χ0v) is 17.6. The summed E-state index contributed by atoms with van der Waals surface area (Å²) in [5.41, 5.74) is 6.20. The second-order valence-corrected chi connectivity index (χ2v) is 8.46. The second-order valence-electron chi connectivity index (χ2n) is 7.38. The molecule has 0 unspecified atom stereocenters. The van der Waals surface area contributed by atoms with E-state index in [0.717, 1.165) is 12.1 Å². The lowest BCUT2D eigenvalue weighted by Gasteiger charge is -2.10. The first-order chi connectivity index (χ1) is 14.8. The molecular weight excluding hydrogens is 384 g/mol. The Hall–Kier alpha value is -3.30. The van der Waals surface area contributed by atoms with Crippen molar-refractivity contribution in [1.29, 1.82) is 0 Å². The average molecular weight is 407 g/mol. The Morgan fingerprint density at radius 1 is 0.800 bits per heavy atom. The number of rotatable bonds is 5. The van der Waals surface area contributed by atoms with Crippen molar-refractivity contribution in [2.45, 2.75) is 23.3 Å². The van der Waals surface area contributed by atoms with Crippen molar-refractivity contribution in [3.63, 3.8) is 0 Å². The summed E-state index contributed by atoms with van der Waals surface area (Å²) in [6.07, 6.45) is 3.75. The van der Waals surface area contributed by atoms with Crippen LogP contribution in [0.25, 0.3) is 22.0 Å². The number of hydrogen-bond donors (Lipinski definition) is 0. The van der Waals surface area contributed by atoms with Gasteiger partial charge in [0.25, 0.3) is 0 Å². The quantitative estimate of drug-likeness (QED) is 0.307. The lowest BCUT2D eigenvalue weighted by Crippen LogP contribution is -2.01. The van der Waals surface area contributed by atoms with Gasteiger partial charge in [0.2, 0.25) is 0 Å². The summed E-state index contributed by atoms with van der Waals surface area (Å²) in [6.45, 7) is 3.09. The van der Waals surface area contributed by atoms with Crippen LogP contribution < -0.4 is 0 Å². The Balaban J connectivity index is 1.67. The first kappa shape index (κ1) is 18.7. The molecule has 0 aliphatic carbocycles. The molecule has 5 aromatic rings. The van der Waals surface area contributed by atoms with E-state index in [2.05, 4.69) is 101 Å². The van der Waals surface area contributed by atoms with Gasteiger partial charge in [-0.15, -0.1) is 0 Å². The Labute approximate surface area is 181 Å². The Bertz CT molecular complexity index is 1280. The van der Waals surface area contributed by atoms with Gasteiger partial charge in [0, 0.05) is 45.4 Å². The van der Waals surface area contributed by atoms with Gasteiger partial charge < -0.3 is 4.57 Å². The van der Waals surface area contributed by atoms with Crippen LogP contribution in [0.5, 0.6) is 0 Å². The highest BCUT2D eigenvalue weighted by Gasteiger charge is 2.16. The molecule has 5 rings (SSSR count). The predicted octanol–water partition coefficient (Wildman–Crippen LogP) is 7.21. The fourth-order valence-electron chi connectivity index (χ4n) is 3.86. The van der Waals surface area contributed by atoms with Gasteiger partial charge in [-0.05, 0) is 42.3 Å². The van der Waals surface area contributed by atoms with Crippen LogP contribution in [0.2, 0.25) is 0 Å². The average Bonchev–Trinajstić information content (AvgIpc) is 3.06. The summed E-state index contributed by atoms with van der Waals surface area (Å²) in [6, 6.07) is 32.2. The van der Waals surface area contributed by atoms with Crippen molar-refractivity contribution in [2.75, 3.05) is 0 Å². The fraction of sp³-hybridized carbons (Fsp3) is 0.0741. The lowest BCUT2D eigenvalue weighted by molar-refractivity contribution is 0.794. The van der Waals surface area contributed by atoms with Crippen LogP contribution in [-0.4, -0.2) is 9.55 Å². The van der Waals surface area contributed by atoms with Crippen LogP contribution >= 0.6 is 11.8 Å². The van der Waals surface area contributed by atoms with E-state index in [-0.39, 0.29) is 0 Å². The van der Waals surface area contributed by atoms with E-state index in [4.69, 9.17) is 0 Å². The van der Waals surface area contributed by atoms with E-state index in [9.17, 15) is 0 Å². The maximum atomic E-state index is 4.30. The highest BCUT2D eigenvalue weighted by atomic mass is 32.2. The molecule has 2 aromatic heterocycles. The molecule has 0 amide bonds. The molecule has 0 aliphatic rings. The monoisotopic (exact) mass is 406 g/mol. The second kappa shape index (κ2) is 8.21. The van der Waals surface area contributed by atoms with E-state index in [1.54, 1.807) is 0 Å². The summed E-state index contributed by atoms with van der Waals surface area (Å²) >= 11 is 1.84. The van der Waals surface area contributed by atoms with Gasteiger partial charge in [-0.3, -0.25) is 4.98 Å². The van der Waals surface area contributed by atoms with Crippen LogP contribution in [0.3, 0.4) is 0 Å². The van der Waals surface area contributed by atoms with E-state index in [0.29, 0.717) is 0 Å². The third-order valence-electron chi connectivity index (χ3n) is 5.41. The van der Waals surface area contributed by atoms with Gasteiger partial charge in [0.15, 0.2) is 0 Å². The number of nitrogens with zero attached hydrogens (tertiary/aromatic N) is 2. The zero-order chi connectivity index (χ0) is 20.3. The summed E-state index contributed by atoms with van der Waals surface area (Å²) < 4.78 is 2.44. The molecule has 0 N–H and O–H groups in total. The first-order valence-electron chi connectivity index (χ1n) is 10.1. The van der Waals surface area contributed by atoms with Gasteiger partial charge in [-0.1, -0.05) is 78.5 Å². The van der Waals surface area contributed by atoms with Crippen molar-refractivity contribution >= 4 is 22.7 Å². The number of benzene rings is 3. The summed E-state index contributed by atoms with van der Waals surface area (Å²) in [7, 11) is 0. The van der Waals surface area contributed by atoms with Gasteiger partial charge >= 0.3 is 0 Å². The minimum absolute atomic E-state index is 0.856. The van der Waals surface area contributed by atoms with Crippen molar-refractivity contribution in [2.24, 2.45) is 0 Å². The Kier molecular flexibility index (Phi) is 5.12. The number of hydrogen-bond acceptors (Lipinski definition) is 2. The third kappa shape index (κ3) is 3.64. The molecule has 0 radical (unpaired) electrons. The number of fused-ring (bicyclic) bond motifs is 1. The fourth-order valence-corrected chi connectivity index (χ4v) is 4.93. The van der Waals surface area contributed by atoms with Crippen LogP contribution in [-0.2, 0) is 6.54 Å². The summed E-state index contributed by atoms with van der Waals surface area (Å²) in [4.78, 5) is 6.88. The predicted molar refractivity (Wildman–Crippen MR) is 126 cm³/mol. The molecular formula is C27H22N2S.